The Hall–Kier alpha value is -3.32. The number of nitrogens with zero attached hydrogens (tertiary/aromatic N) is 4. The molecule has 1 fully saturated rings. The highest BCUT2D eigenvalue weighted by Gasteiger charge is 2.21. The zero-order valence-corrected chi connectivity index (χ0v) is 15.7. The summed E-state index contributed by atoms with van der Waals surface area (Å²) in [6, 6.07) is 12.3. The summed E-state index contributed by atoms with van der Waals surface area (Å²) < 4.78 is 13.3. The molecule has 7 heteroatoms. The number of β-amino-alcohol motifs (C(OH)–C–C–N with tert-alkyl or cyclic N) is 1. The van der Waals surface area contributed by atoms with Gasteiger partial charge in [-0.25, -0.2) is 14.4 Å². The Kier molecular flexibility index (Phi) is 4.44. The van der Waals surface area contributed by atoms with Crippen LogP contribution in [0, 0.1) is 5.82 Å². The number of piperidine rings is 1. The summed E-state index contributed by atoms with van der Waals surface area (Å²) >= 11 is 0. The van der Waals surface area contributed by atoms with Gasteiger partial charge in [0.15, 0.2) is 0 Å². The number of halogens is 1. The molecule has 0 spiro atoms. The third-order valence-corrected chi connectivity index (χ3v) is 5.38. The van der Waals surface area contributed by atoms with Crippen LogP contribution >= 0.6 is 0 Å². The van der Waals surface area contributed by atoms with Gasteiger partial charge in [0.25, 0.3) is 0 Å². The van der Waals surface area contributed by atoms with E-state index >= 15 is 0 Å². The fourth-order valence-corrected chi connectivity index (χ4v) is 3.95. The molecule has 0 radical (unpaired) electrons. The van der Waals surface area contributed by atoms with Crippen molar-refractivity contribution in [3.8, 4) is 22.4 Å². The second kappa shape index (κ2) is 7.25. The number of hydrogen-bond acceptors (Lipinski definition) is 5. The van der Waals surface area contributed by atoms with Crippen molar-refractivity contribution in [3.63, 3.8) is 0 Å². The van der Waals surface area contributed by atoms with E-state index in [1.54, 1.807) is 18.5 Å². The van der Waals surface area contributed by atoms with Crippen LogP contribution in [0.5, 0.6) is 0 Å². The van der Waals surface area contributed by atoms with E-state index in [0.29, 0.717) is 6.54 Å². The maximum atomic E-state index is 13.3. The molecule has 2 N–H and O–H groups in total. The van der Waals surface area contributed by atoms with Crippen LogP contribution in [-0.2, 0) is 0 Å². The number of aromatic nitrogens is 4. The summed E-state index contributed by atoms with van der Waals surface area (Å²) in [6.45, 7) is 1.43. The molecule has 1 atom stereocenters. The molecule has 2 aromatic carbocycles. The fraction of sp³-hybridized carbons (Fsp3) is 0.227. The van der Waals surface area contributed by atoms with Gasteiger partial charge in [-0.2, -0.15) is 5.10 Å². The number of H-pyrrole nitrogens is 1. The number of fused-ring (bicyclic) bond motifs is 1. The maximum absolute atomic E-state index is 13.3. The van der Waals surface area contributed by atoms with Gasteiger partial charge in [0.1, 0.15) is 18.0 Å². The largest absolute Gasteiger partial charge is 0.391 e. The molecule has 0 bridgehead atoms. The van der Waals surface area contributed by atoms with Crippen molar-refractivity contribution in [3.05, 3.63) is 60.8 Å². The van der Waals surface area contributed by atoms with E-state index in [2.05, 4.69) is 31.1 Å². The highest BCUT2D eigenvalue weighted by atomic mass is 19.1. The number of rotatable bonds is 3. The van der Waals surface area contributed by atoms with E-state index in [1.165, 1.54) is 12.1 Å². The topological polar surface area (TPSA) is 77.9 Å². The SMILES string of the molecule is OC1CCCN(c2ncnc3ccc(-c4c[nH]nc4-c4ccc(F)cc4)cc23)C1. The zero-order chi connectivity index (χ0) is 19.8. The number of aliphatic hydroxyl groups excluding tert-OH is 1. The minimum absolute atomic E-state index is 0.276. The standard InChI is InChI=1S/C22H20FN5O/c23-16-6-3-14(4-7-16)21-19(11-26-27-21)15-5-8-20-18(10-15)22(25-13-24-20)28-9-1-2-17(29)12-28/h3-8,10-11,13,17,29H,1-2,9,12H2,(H,26,27). The normalized spacial score (nSPS) is 17.0. The quantitative estimate of drug-likeness (QED) is 0.557. The van der Waals surface area contributed by atoms with Crippen molar-refractivity contribution in [1.82, 2.24) is 20.2 Å². The van der Waals surface area contributed by atoms with Crippen molar-refractivity contribution >= 4 is 16.7 Å². The van der Waals surface area contributed by atoms with Crippen LogP contribution < -0.4 is 4.90 Å². The number of hydrogen-bond donors (Lipinski definition) is 2. The van der Waals surface area contributed by atoms with Crippen LogP contribution in [0.2, 0.25) is 0 Å². The van der Waals surface area contributed by atoms with Gasteiger partial charge in [0, 0.05) is 35.8 Å². The minimum Gasteiger partial charge on any atom is -0.391 e. The number of aliphatic hydroxyl groups is 1. The van der Waals surface area contributed by atoms with Gasteiger partial charge >= 0.3 is 0 Å². The average Bonchev–Trinajstić information content (AvgIpc) is 3.23. The van der Waals surface area contributed by atoms with Crippen LogP contribution in [0.1, 0.15) is 12.8 Å². The lowest BCUT2D eigenvalue weighted by molar-refractivity contribution is 0.154. The molecule has 0 amide bonds. The highest BCUT2D eigenvalue weighted by molar-refractivity contribution is 5.94. The van der Waals surface area contributed by atoms with Crippen molar-refractivity contribution < 1.29 is 9.50 Å². The number of nitrogens with one attached hydrogen (secondary N) is 1. The lowest BCUT2D eigenvalue weighted by Crippen LogP contribution is -2.38. The van der Waals surface area contributed by atoms with E-state index in [1.807, 2.05) is 18.3 Å². The maximum Gasteiger partial charge on any atom is 0.139 e. The van der Waals surface area contributed by atoms with Crippen molar-refractivity contribution in [1.29, 1.82) is 0 Å². The summed E-state index contributed by atoms with van der Waals surface area (Å²) in [5.41, 5.74) is 4.35. The van der Waals surface area contributed by atoms with Gasteiger partial charge in [0.05, 0.1) is 17.3 Å². The van der Waals surface area contributed by atoms with Crippen LogP contribution in [0.15, 0.2) is 55.0 Å². The van der Waals surface area contributed by atoms with Crippen molar-refractivity contribution in [2.75, 3.05) is 18.0 Å². The smallest absolute Gasteiger partial charge is 0.139 e. The molecule has 1 saturated heterocycles. The second-order valence-electron chi connectivity index (χ2n) is 7.33. The molecule has 5 rings (SSSR count). The van der Waals surface area contributed by atoms with Crippen LogP contribution in [0.4, 0.5) is 10.2 Å². The van der Waals surface area contributed by atoms with Gasteiger partial charge < -0.3 is 10.0 Å². The predicted octanol–water partition coefficient (Wildman–Crippen LogP) is 3.79. The first kappa shape index (κ1) is 17.8. The van der Waals surface area contributed by atoms with Gasteiger partial charge in [-0.3, -0.25) is 5.10 Å². The predicted molar refractivity (Wildman–Crippen MR) is 110 cm³/mol. The van der Waals surface area contributed by atoms with E-state index in [-0.39, 0.29) is 11.9 Å². The summed E-state index contributed by atoms with van der Waals surface area (Å²) in [7, 11) is 0. The molecule has 29 heavy (non-hydrogen) atoms. The Morgan fingerprint density at radius 3 is 2.72 bits per heavy atom. The number of benzene rings is 2. The van der Waals surface area contributed by atoms with Crippen molar-refractivity contribution in [2.45, 2.75) is 18.9 Å². The monoisotopic (exact) mass is 389 g/mol. The Balaban J connectivity index is 1.60. The van der Waals surface area contributed by atoms with Gasteiger partial charge in [-0.15, -0.1) is 0 Å². The Morgan fingerprint density at radius 1 is 1.07 bits per heavy atom. The fourth-order valence-electron chi connectivity index (χ4n) is 3.95. The molecule has 1 aliphatic heterocycles. The molecular weight excluding hydrogens is 369 g/mol. The molecule has 0 saturated carbocycles. The van der Waals surface area contributed by atoms with Crippen LogP contribution in [-0.4, -0.2) is 44.5 Å². The first-order chi connectivity index (χ1) is 14.2. The minimum atomic E-state index is -0.337. The molecule has 0 aliphatic carbocycles. The average molecular weight is 389 g/mol. The van der Waals surface area contributed by atoms with E-state index in [9.17, 15) is 9.50 Å². The second-order valence-corrected chi connectivity index (χ2v) is 7.33. The Morgan fingerprint density at radius 2 is 1.90 bits per heavy atom. The molecule has 1 unspecified atom stereocenters. The Labute approximate surface area is 167 Å². The summed E-state index contributed by atoms with van der Waals surface area (Å²) in [5.74, 6) is 0.560. The van der Waals surface area contributed by atoms with E-state index < -0.39 is 0 Å². The molecule has 1 aliphatic rings. The van der Waals surface area contributed by atoms with Crippen LogP contribution in [0.3, 0.4) is 0 Å². The molecule has 2 aromatic heterocycles. The van der Waals surface area contributed by atoms with E-state index in [0.717, 1.165) is 58.5 Å². The van der Waals surface area contributed by atoms with Gasteiger partial charge in [-0.1, -0.05) is 6.07 Å². The third-order valence-electron chi connectivity index (χ3n) is 5.38. The lowest BCUT2D eigenvalue weighted by Gasteiger charge is -2.31. The summed E-state index contributed by atoms with van der Waals surface area (Å²) in [4.78, 5) is 11.0. The molecule has 3 heterocycles. The molecule has 6 nitrogen and oxygen atoms in total. The first-order valence-corrected chi connectivity index (χ1v) is 9.67. The molecule has 4 aromatic rings. The summed E-state index contributed by atoms with van der Waals surface area (Å²) in [5, 5.41) is 18.3. The zero-order valence-electron chi connectivity index (χ0n) is 15.7. The van der Waals surface area contributed by atoms with Gasteiger partial charge in [0.2, 0.25) is 0 Å². The molecular formula is C22H20FN5O. The number of anilines is 1. The summed E-state index contributed by atoms with van der Waals surface area (Å²) in [6.07, 6.45) is 4.83. The van der Waals surface area contributed by atoms with Crippen molar-refractivity contribution in [2.24, 2.45) is 0 Å². The van der Waals surface area contributed by atoms with Gasteiger partial charge in [-0.05, 0) is 54.8 Å². The Bertz CT molecular complexity index is 1160. The lowest BCUT2D eigenvalue weighted by atomic mass is 10.00. The highest BCUT2D eigenvalue weighted by Crippen LogP contribution is 2.34. The number of aromatic amines is 1. The third kappa shape index (κ3) is 3.34. The first-order valence-electron chi connectivity index (χ1n) is 9.67. The van der Waals surface area contributed by atoms with Crippen LogP contribution in [0.25, 0.3) is 33.3 Å². The molecule has 146 valence electrons. The van der Waals surface area contributed by atoms with E-state index in [4.69, 9.17) is 0 Å².